The Bertz CT molecular complexity index is 1040. The maximum atomic E-state index is 13.7. The molecule has 0 fully saturated rings. The molecule has 3 atom stereocenters. The lowest BCUT2D eigenvalue weighted by Crippen LogP contribution is -2.41. The van der Waals surface area contributed by atoms with Gasteiger partial charge in [-0.2, -0.15) is 13.2 Å². The van der Waals surface area contributed by atoms with Gasteiger partial charge in [-0.05, 0) is 36.1 Å². The van der Waals surface area contributed by atoms with Gasteiger partial charge in [0.15, 0.2) is 0 Å². The summed E-state index contributed by atoms with van der Waals surface area (Å²) in [5.74, 6) is -1.54. The molecule has 1 aliphatic heterocycles. The molecule has 0 N–H and O–H groups in total. The molecule has 2 unspecified atom stereocenters. The number of esters is 1. The van der Waals surface area contributed by atoms with Gasteiger partial charge < -0.3 is 23.8 Å². The number of halogens is 4. The molecule has 0 aliphatic carbocycles. The van der Waals surface area contributed by atoms with E-state index in [1.165, 1.54) is 19.1 Å². The van der Waals surface area contributed by atoms with Crippen LogP contribution in [0, 0.1) is 10.1 Å². The summed E-state index contributed by atoms with van der Waals surface area (Å²) in [6.07, 6.45) is -10.5. The van der Waals surface area contributed by atoms with Crippen molar-refractivity contribution in [3.63, 3.8) is 0 Å². The molecule has 0 aromatic heterocycles. The van der Waals surface area contributed by atoms with Crippen molar-refractivity contribution < 1.29 is 51.6 Å². The highest BCUT2D eigenvalue weighted by Crippen LogP contribution is 2.42. The van der Waals surface area contributed by atoms with Crippen LogP contribution >= 0.6 is 11.6 Å². The molecule has 1 aromatic rings. The number of hydrogen-bond donors (Lipinski definition) is 0. The van der Waals surface area contributed by atoms with Crippen LogP contribution in [0.3, 0.4) is 0 Å². The van der Waals surface area contributed by atoms with Crippen LogP contribution in [0.1, 0.15) is 52.2 Å². The van der Waals surface area contributed by atoms with Crippen LogP contribution in [-0.4, -0.2) is 48.5 Å². The van der Waals surface area contributed by atoms with E-state index in [4.69, 9.17) is 21.1 Å². The monoisotopic (exact) mass is 539 g/mol. The smallest absolute Gasteiger partial charge is 0.475 e. The maximum Gasteiger partial charge on any atom is 0.511 e. The summed E-state index contributed by atoms with van der Waals surface area (Å²) in [7, 11) is 0. The van der Waals surface area contributed by atoms with E-state index >= 15 is 0 Å². The van der Waals surface area contributed by atoms with Gasteiger partial charge in [-0.1, -0.05) is 32.4 Å². The molecular weight excluding hydrogens is 515 g/mol. The van der Waals surface area contributed by atoms with E-state index in [1.54, 1.807) is 0 Å². The molecule has 0 spiro atoms. The Balaban J connectivity index is 2.12. The van der Waals surface area contributed by atoms with E-state index in [0.29, 0.717) is 5.56 Å². The van der Waals surface area contributed by atoms with Crippen LogP contribution in [0.5, 0.6) is 5.75 Å². The highest BCUT2D eigenvalue weighted by molar-refractivity contribution is 6.31. The molecule has 1 aliphatic rings. The van der Waals surface area contributed by atoms with Gasteiger partial charge in [-0.25, -0.2) is 9.59 Å². The van der Waals surface area contributed by atoms with Gasteiger partial charge in [0.25, 0.3) is 5.09 Å². The second-order valence-electron chi connectivity index (χ2n) is 8.88. The van der Waals surface area contributed by atoms with Crippen molar-refractivity contribution in [2.75, 3.05) is 6.61 Å². The molecule has 0 saturated heterocycles. The molecule has 0 saturated carbocycles. The summed E-state index contributed by atoms with van der Waals surface area (Å²) in [5, 5.41) is 9.49. The van der Waals surface area contributed by atoms with Crippen LogP contribution in [0.4, 0.5) is 18.0 Å². The average molecular weight is 540 g/mol. The van der Waals surface area contributed by atoms with Gasteiger partial charge in [0.1, 0.15) is 11.9 Å². The fraction of sp³-hybridized carbons (Fsp3) is 0.545. The third-order valence-electron chi connectivity index (χ3n) is 4.82. The lowest BCUT2D eigenvalue weighted by Gasteiger charge is -2.30. The molecule has 36 heavy (non-hydrogen) atoms. The summed E-state index contributed by atoms with van der Waals surface area (Å²) in [5.41, 5.74) is -0.655. The molecule has 0 amide bonds. The van der Waals surface area contributed by atoms with Gasteiger partial charge in [-0.3, -0.25) is 0 Å². The molecule has 0 bridgehead atoms. The van der Waals surface area contributed by atoms with Crippen LogP contribution < -0.4 is 4.74 Å². The second kappa shape index (κ2) is 11.2. The Morgan fingerprint density at radius 1 is 1.19 bits per heavy atom. The van der Waals surface area contributed by atoms with Gasteiger partial charge in [0, 0.05) is 23.9 Å². The molecular formula is C22H25ClF3NO9. The normalized spacial score (nSPS) is 17.0. The highest BCUT2D eigenvalue weighted by Gasteiger charge is 2.49. The fourth-order valence-electron chi connectivity index (χ4n) is 3.12. The lowest BCUT2D eigenvalue weighted by atomic mass is 9.85. The summed E-state index contributed by atoms with van der Waals surface area (Å²) in [6, 6.07) is 2.78. The van der Waals surface area contributed by atoms with Crippen molar-refractivity contribution in [1.82, 2.24) is 0 Å². The second-order valence-corrected chi connectivity index (χ2v) is 9.28. The Hall–Kier alpha value is -3.22. The number of carbonyl (C=O) groups excluding carboxylic acids is 2. The highest BCUT2D eigenvalue weighted by atomic mass is 35.5. The number of ether oxygens (including phenoxy) is 4. The topological polar surface area (TPSA) is 123 Å². The molecule has 14 heteroatoms. The zero-order valence-electron chi connectivity index (χ0n) is 20.0. The standard InChI is InChI=1S/C22H25ClF3NO9/c1-11(36-27(30)31)6-7-32-20(29)34-12(2)33-19(28)14-8-13-9-16(23)15(21(3,4)5)10-17(13)35-18(14)22(24,25)26/h8-12,18H,6-7H2,1-5H3/t11?,12?,18-/m0/s1. The van der Waals surface area contributed by atoms with Crippen molar-refractivity contribution in [2.45, 2.75) is 71.1 Å². The first-order valence-electron chi connectivity index (χ1n) is 10.6. The zero-order valence-corrected chi connectivity index (χ0v) is 20.8. The van der Waals surface area contributed by atoms with Gasteiger partial charge in [-0.15, -0.1) is 10.1 Å². The van der Waals surface area contributed by atoms with Crippen LogP contribution in [0.2, 0.25) is 5.02 Å². The Kier molecular flexibility index (Phi) is 9.05. The number of carbonyl (C=O) groups is 2. The molecule has 0 radical (unpaired) electrons. The molecule has 1 heterocycles. The first-order chi connectivity index (χ1) is 16.5. The fourth-order valence-corrected chi connectivity index (χ4v) is 3.58. The third kappa shape index (κ3) is 7.90. The first kappa shape index (κ1) is 29.0. The van der Waals surface area contributed by atoms with Crippen LogP contribution in [0.15, 0.2) is 17.7 Å². The summed E-state index contributed by atoms with van der Waals surface area (Å²) >= 11 is 6.29. The van der Waals surface area contributed by atoms with Crippen molar-refractivity contribution in [3.8, 4) is 5.75 Å². The van der Waals surface area contributed by atoms with Gasteiger partial charge in [0.2, 0.25) is 12.4 Å². The number of hydrogen-bond acceptors (Lipinski definition) is 9. The molecule has 10 nitrogen and oxygen atoms in total. The summed E-state index contributed by atoms with van der Waals surface area (Å²) in [4.78, 5) is 38.7. The van der Waals surface area contributed by atoms with Gasteiger partial charge >= 0.3 is 18.3 Å². The number of rotatable bonds is 8. The first-order valence-corrected chi connectivity index (χ1v) is 11.0. The maximum absolute atomic E-state index is 13.7. The largest absolute Gasteiger partial charge is 0.511 e. The SMILES string of the molecule is CC(CCOC(=O)OC(C)OC(=O)C1=Cc2cc(Cl)c(C(C)(C)C)cc2O[C@@H]1C(F)(F)F)O[N+](=O)[O-]. The van der Waals surface area contributed by atoms with E-state index in [0.717, 1.165) is 13.0 Å². The predicted octanol–water partition coefficient (Wildman–Crippen LogP) is 5.37. The zero-order chi connectivity index (χ0) is 27.4. The van der Waals surface area contributed by atoms with Crippen molar-refractivity contribution in [2.24, 2.45) is 0 Å². The van der Waals surface area contributed by atoms with Crippen molar-refractivity contribution in [1.29, 1.82) is 0 Å². The summed E-state index contributed by atoms with van der Waals surface area (Å²) < 4.78 is 60.5. The number of alkyl halides is 3. The molecule has 200 valence electrons. The third-order valence-corrected chi connectivity index (χ3v) is 5.14. The number of fused-ring (bicyclic) bond motifs is 1. The van der Waals surface area contributed by atoms with Crippen LogP contribution in [0.25, 0.3) is 6.08 Å². The number of benzene rings is 1. The van der Waals surface area contributed by atoms with E-state index in [1.807, 2.05) is 20.8 Å². The predicted molar refractivity (Wildman–Crippen MR) is 119 cm³/mol. The Morgan fingerprint density at radius 2 is 1.83 bits per heavy atom. The average Bonchev–Trinajstić information content (AvgIpc) is 2.70. The minimum Gasteiger partial charge on any atom is -0.475 e. The van der Waals surface area contributed by atoms with Gasteiger partial charge in [0.05, 0.1) is 12.2 Å². The minimum absolute atomic E-state index is 0.0410. The van der Waals surface area contributed by atoms with Crippen LogP contribution in [-0.2, 0) is 29.3 Å². The Labute approximate surface area is 209 Å². The van der Waals surface area contributed by atoms with E-state index in [2.05, 4.69) is 14.3 Å². The molecule has 2 rings (SSSR count). The molecule has 1 aromatic carbocycles. The number of nitrogens with zero attached hydrogens (tertiary/aromatic N) is 1. The summed E-state index contributed by atoms with van der Waals surface area (Å²) in [6.45, 7) is 7.63. The van der Waals surface area contributed by atoms with E-state index in [-0.39, 0.29) is 29.4 Å². The quantitative estimate of drug-likeness (QED) is 0.185. The Morgan fingerprint density at radius 3 is 2.39 bits per heavy atom. The van der Waals surface area contributed by atoms with E-state index < -0.39 is 52.9 Å². The lowest BCUT2D eigenvalue weighted by molar-refractivity contribution is -0.767. The van der Waals surface area contributed by atoms with Crippen molar-refractivity contribution >= 4 is 29.8 Å². The minimum atomic E-state index is -4.96. The van der Waals surface area contributed by atoms with E-state index in [9.17, 15) is 32.9 Å². The van der Waals surface area contributed by atoms with Crippen molar-refractivity contribution in [3.05, 3.63) is 44.0 Å².